The first kappa shape index (κ1) is 27.2. The number of anilines is 2. The normalized spacial score (nSPS) is 11.3. The molecular weight excluding hydrogens is 574 g/mol. The smallest absolute Gasteiger partial charge is 0.333 e. The highest BCUT2D eigenvalue weighted by atomic mass is 35.5. The van der Waals surface area contributed by atoms with E-state index < -0.39 is 27.3 Å². The molecule has 5 rings (SSSR count). The largest absolute Gasteiger partial charge is 0.381 e. The van der Waals surface area contributed by atoms with E-state index in [1.807, 2.05) is 29.8 Å². The van der Waals surface area contributed by atoms with Crippen molar-refractivity contribution in [1.82, 2.24) is 14.3 Å². The lowest BCUT2D eigenvalue weighted by Gasteiger charge is -2.11. The third-order valence-electron chi connectivity index (χ3n) is 5.90. The van der Waals surface area contributed by atoms with Crippen LogP contribution in [0.3, 0.4) is 0 Å². The summed E-state index contributed by atoms with van der Waals surface area (Å²) >= 11 is 6.59. The van der Waals surface area contributed by atoms with E-state index in [9.17, 15) is 22.8 Å². The number of carbonyl (C=O) groups is 1. The zero-order valence-corrected chi connectivity index (χ0v) is 23.3. The number of aromatic nitrogens is 2. The average molecular weight is 596 g/mol. The molecule has 0 fully saturated rings. The van der Waals surface area contributed by atoms with Gasteiger partial charge in [-0.2, -0.15) is 0 Å². The molecule has 4 N–H and O–H groups in total. The zero-order valence-electron chi connectivity index (χ0n) is 20.9. The van der Waals surface area contributed by atoms with E-state index >= 15 is 0 Å². The molecule has 0 spiro atoms. The summed E-state index contributed by atoms with van der Waals surface area (Å²) in [4.78, 5) is 41.1. The summed E-state index contributed by atoms with van der Waals surface area (Å²) < 4.78 is 27.7. The number of rotatable bonds is 7. The summed E-state index contributed by atoms with van der Waals surface area (Å²) in [6.07, 6.45) is 0. The van der Waals surface area contributed by atoms with Gasteiger partial charge in [-0.05, 0) is 67.1 Å². The SMILES string of the molecule is Cc1cccc(CNc2ccc3c(=O)n(-c4ccc(NC(=O)NS(=O)(=O)c5ccc(Cl)s5)cc4)c(=O)[nH]c3c2)c1. The molecular formula is C27H22ClN5O5S2. The summed E-state index contributed by atoms with van der Waals surface area (Å²) in [5.74, 6) is 0. The molecule has 3 aromatic carbocycles. The molecule has 0 unspecified atom stereocenters. The Labute approximate surface area is 237 Å². The van der Waals surface area contributed by atoms with Crippen molar-refractivity contribution < 1.29 is 13.2 Å². The number of nitrogens with one attached hydrogen (secondary N) is 4. The van der Waals surface area contributed by atoms with E-state index in [0.29, 0.717) is 17.4 Å². The van der Waals surface area contributed by atoms with E-state index in [1.54, 1.807) is 18.2 Å². The van der Waals surface area contributed by atoms with Crippen LogP contribution in [0, 0.1) is 6.92 Å². The van der Waals surface area contributed by atoms with E-state index in [4.69, 9.17) is 11.6 Å². The predicted octanol–water partition coefficient (Wildman–Crippen LogP) is 4.82. The van der Waals surface area contributed by atoms with Gasteiger partial charge in [-0.25, -0.2) is 27.3 Å². The second-order valence-electron chi connectivity index (χ2n) is 8.84. The number of hydrogen-bond acceptors (Lipinski definition) is 7. The fraction of sp³-hybridized carbons (Fsp3) is 0.0741. The topological polar surface area (TPSA) is 142 Å². The van der Waals surface area contributed by atoms with Crippen molar-refractivity contribution in [3.63, 3.8) is 0 Å². The molecule has 0 saturated heterocycles. The fourth-order valence-electron chi connectivity index (χ4n) is 4.05. The van der Waals surface area contributed by atoms with Crippen LogP contribution in [-0.2, 0) is 16.6 Å². The van der Waals surface area contributed by atoms with Crippen LogP contribution in [0.15, 0.2) is 92.7 Å². The van der Waals surface area contributed by atoms with Gasteiger partial charge in [0.1, 0.15) is 4.21 Å². The van der Waals surface area contributed by atoms with Crippen molar-refractivity contribution in [2.24, 2.45) is 0 Å². The molecule has 0 aliphatic carbocycles. The van der Waals surface area contributed by atoms with Gasteiger partial charge in [-0.15, -0.1) is 11.3 Å². The number of sulfonamides is 1. The van der Waals surface area contributed by atoms with Gasteiger partial charge in [-0.3, -0.25) is 4.79 Å². The summed E-state index contributed by atoms with van der Waals surface area (Å²) in [5, 5.41) is 6.03. The Hall–Kier alpha value is -4.39. The molecule has 0 atom stereocenters. The van der Waals surface area contributed by atoms with E-state index in [1.165, 1.54) is 36.4 Å². The number of carbonyl (C=O) groups excluding carboxylic acids is 1. The number of halogens is 1. The van der Waals surface area contributed by atoms with Gasteiger partial charge in [0.05, 0.1) is 20.9 Å². The number of hydrogen-bond donors (Lipinski definition) is 4. The molecule has 5 aromatic rings. The lowest BCUT2D eigenvalue weighted by Crippen LogP contribution is -2.34. The number of aromatic amines is 1. The molecule has 0 aliphatic rings. The highest BCUT2D eigenvalue weighted by molar-refractivity contribution is 7.92. The molecule has 10 nitrogen and oxygen atoms in total. The number of benzene rings is 3. The van der Waals surface area contributed by atoms with Crippen molar-refractivity contribution in [3.05, 3.63) is 115 Å². The lowest BCUT2D eigenvalue weighted by molar-refractivity contribution is 0.256. The Bertz CT molecular complexity index is 1960. The van der Waals surface area contributed by atoms with Gasteiger partial charge >= 0.3 is 11.7 Å². The van der Waals surface area contributed by atoms with Crippen LogP contribution in [0.25, 0.3) is 16.6 Å². The molecule has 0 aliphatic heterocycles. The van der Waals surface area contributed by atoms with Crippen LogP contribution in [0.2, 0.25) is 4.34 Å². The first-order chi connectivity index (χ1) is 19.1. The number of nitrogens with zero attached hydrogens (tertiary/aromatic N) is 1. The van der Waals surface area contributed by atoms with Crippen LogP contribution in [-0.4, -0.2) is 24.0 Å². The molecule has 204 valence electrons. The molecule has 13 heteroatoms. The highest BCUT2D eigenvalue weighted by Gasteiger charge is 2.20. The number of H-pyrrole nitrogens is 1. The molecule has 2 aromatic heterocycles. The quantitative estimate of drug-likeness (QED) is 0.212. The summed E-state index contributed by atoms with van der Waals surface area (Å²) in [5.41, 5.74) is 2.77. The van der Waals surface area contributed by atoms with Crippen LogP contribution in [0.4, 0.5) is 16.2 Å². The Morgan fingerprint density at radius 3 is 2.42 bits per heavy atom. The van der Waals surface area contributed by atoms with Gasteiger partial charge in [0.15, 0.2) is 0 Å². The number of amides is 2. The first-order valence-corrected chi connectivity index (χ1v) is 14.5. The second kappa shape index (κ2) is 11.0. The molecule has 2 amide bonds. The fourth-order valence-corrected chi connectivity index (χ4v) is 6.44. The van der Waals surface area contributed by atoms with Crippen LogP contribution in [0.1, 0.15) is 11.1 Å². The maximum atomic E-state index is 13.2. The Kier molecular flexibility index (Phi) is 7.48. The predicted molar refractivity (Wildman–Crippen MR) is 157 cm³/mol. The van der Waals surface area contributed by atoms with Crippen molar-refractivity contribution in [2.45, 2.75) is 17.7 Å². The minimum absolute atomic E-state index is 0.105. The Morgan fingerprint density at radius 1 is 0.975 bits per heavy atom. The number of thiophene rings is 1. The third-order valence-corrected chi connectivity index (χ3v) is 8.95. The number of fused-ring (bicyclic) bond motifs is 1. The molecule has 0 bridgehead atoms. The lowest BCUT2D eigenvalue weighted by atomic mass is 10.1. The van der Waals surface area contributed by atoms with Gasteiger partial charge in [0.2, 0.25) is 0 Å². The Balaban J connectivity index is 1.32. The van der Waals surface area contributed by atoms with Crippen molar-refractivity contribution in [3.8, 4) is 5.69 Å². The number of aryl methyl sites for hydroxylation is 1. The summed E-state index contributed by atoms with van der Waals surface area (Å²) in [6, 6.07) is 20.7. The van der Waals surface area contributed by atoms with E-state index in [-0.39, 0.29) is 19.9 Å². The molecule has 40 heavy (non-hydrogen) atoms. The van der Waals surface area contributed by atoms with Crippen molar-refractivity contribution in [1.29, 1.82) is 0 Å². The molecule has 0 radical (unpaired) electrons. The van der Waals surface area contributed by atoms with Gasteiger partial charge in [-0.1, -0.05) is 41.4 Å². The standard InChI is InChI=1S/C27H22ClN5O5S2/c1-16-3-2-4-17(13-16)15-29-19-7-10-21-22(14-19)31-27(36)33(25(21)34)20-8-5-18(6-9-20)30-26(35)32-40(37,38)24-12-11-23(28)39-24/h2-14,29H,15H2,1H3,(H,31,36)(H2,30,32,35). The first-order valence-electron chi connectivity index (χ1n) is 11.9. The van der Waals surface area contributed by atoms with Gasteiger partial charge in [0, 0.05) is 17.9 Å². The maximum Gasteiger partial charge on any atom is 0.333 e. The minimum atomic E-state index is -4.09. The molecule has 2 heterocycles. The average Bonchev–Trinajstić information content (AvgIpc) is 3.35. The van der Waals surface area contributed by atoms with Crippen molar-refractivity contribution in [2.75, 3.05) is 10.6 Å². The van der Waals surface area contributed by atoms with Gasteiger partial charge in [0.25, 0.3) is 15.6 Å². The van der Waals surface area contributed by atoms with Crippen LogP contribution in [0.5, 0.6) is 0 Å². The van der Waals surface area contributed by atoms with Crippen molar-refractivity contribution >= 4 is 61.3 Å². The maximum absolute atomic E-state index is 13.2. The second-order valence-corrected chi connectivity index (χ2v) is 12.5. The zero-order chi connectivity index (χ0) is 28.4. The summed E-state index contributed by atoms with van der Waals surface area (Å²) in [7, 11) is -4.09. The van der Waals surface area contributed by atoms with Crippen LogP contribution < -0.4 is 26.6 Å². The van der Waals surface area contributed by atoms with Crippen LogP contribution >= 0.6 is 22.9 Å². The van der Waals surface area contributed by atoms with Gasteiger partial charge < -0.3 is 15.6 Å². The van der Waals surface area contributed by atoms with E-state index in [2.05, 4.69) is 21.7 Å². The Morgan fingerprint density at radius 2 is 1.73 bits per heavy atom. The molecule has 0 saturated carbocycles. The monoisotopic (exact) mass is 595 g/mol. The summed E-state index contributed by atoms with van der Waals surface area (Å²) in [6.45, 7) is 2.61. The number of urea groups is 1. The van der Waals surface area contributed by atoms with E-state index in [0.717, 1.165) is 32.7 Å². The highest BCUT2D eigenvalue weighted by Crippen LogP contribution is 2.25. The minimum Gasteiger partial charge on any atom is -0.381 e. The third kappa shape index (κ3) is 5.93.